The van der Waals surface area contributed by atoms with Gasteiger partial charge in [0.05, 0.1) is 5.52 Å². The Bertz CT molecular complexity index is 2910. The molecule has 0 amide bonds. The third-order valence-electron chi connectivity index (χ3n) is 10.5. The minimum atomic E-state index is 1.01. The van der Waals surface area contributed by atoms with Crippen molar-refractivity contribution in [2.24, 2.45) is 0 Å². The zero-order valence-electron chi connectivity index (χ0n) is 28.5. The van der Waals surface area contributed by atoms with Crippen LogP contribution in [0.5, 0.6) is 0 Å². The summed E-state index contributed by atoms with van der Waals surface area (Å²) >= 11 is 0. The van der Waals surface area contributed by atoms with E-state index in [-0.39, 0.29) is 0 Å². The smallest absolute Gasteiger partial charge is 0.0714 e. The summed E-state index contributed by atoms with van der Waals surface area (Å²) in [5.41, 5.74) is 13.2. The number of nitrogens with zero attached hydrogens (tertiary/aromatic N) is 1. The van der Waals surface area contributed by atoms with E-state index >= 15 is 0 Å². The standard InChI is InChI=1S/C51H33N/c1-3-12-34(13-4-1)36-21-25-38(26-22-36)50-44-18-9-10-19-45(44)51(39-27-23-37(24-28-39)35-14-5-2-6-15-35)48-32-40(29-30-46(48)50)47-33-49-43(20-11-31-52-49)41-16-7-8-17-42(41)47/h1-33H. The summed E-state index contributed by atoms with van der Waals surface area (Å²) in [5, 5.41) is 8.58. The van der Waals surface area contributed by atoms with Crippen LogP contribution in [0.3, 0.4) is 0 Å². The lowest BCUT2D eigenvalue weighted by atomic mass is 9.84. The Hall–Kier alpha value is -6.83. The molecule has 9 aromatic carbocycles. The SMILES string of the molecule is c1ccc(-c2ccc(-c3c4ccccc4c(-c4ccc(-c5ccccc5)cc4)c4cc(-c5cc6ncccc6c6ccccc56)ccc34)cc2)cc1. The molecule has 0 aliphatic rings. The van der Waals surface area contributed by atoms with Gasteiger partial charge in [-0.05, 0) is 106 Å². The number of pyridine rings is 1. The van der Waals surface area contributed by atoms with Gasteiger partial charge in [-0.2, -0.15) is 0 Å². The number of fused-ring (bicyclic) bond motifs is 5. The van der Waals surface area contributed by atoms with Gasteiger partial charge >= 0.3 is 0 Å². The van der Waals surface area contributed by atoms with Crippen LogP contribution >= 0.6 is 0 Å². The van der Waals surface area contributed by atoms with Gasteiger partial charge in [0.1, 0.15) is 0 Å². The predicted molar refractivity (Wildman–Crippen MR) is 221 cm³/mol. The molecule has 0 N–H and O–H groups in total. The van der Waals surface area contributed by atoms with E-state index in [1.165, 1.54) is 93.3 Å². The van der Waals surface area contributed by atoms with Crippen molar-refractivity contribution in [1.82, 2.24) is 4.98 Å². The van der Waals surface area contributed by atoms with Crippen molar-refractivity contribution in [1.29, 1.82) is 0 Å². The molecule has 0 fully saturated rings. The van der Waals surface area contributed by atoms with E-state index < -0.39 is 0 Å². The highest BCUT2D eigenvalue weighted by Crippen LogP contribution is 2.46. The van der Waals surface area contributed by atoms with Gasteiger partial charge in [-0.1, -0.05) is 176 Å². The molecule has 0 spiro atoms. The van der Waals surface area contributed by atoms with Gasteiger partial charge in [0.15, 0.2) is 0 Å². The fraction of sp³-hybridized carbons (Fsp3) is 0. The molecule has 0 saturated carbocycles. The maximum Gasteiger partial charge on any atom is 0.0714 e. The topological polar surface area (TPSA) is 12.9 Å². The summed E-state index contributed by atoms with van der Waals surface area (Å²) in [5.74, 6) is 0. The molecular formula is C51H33N. The maximum atomic E-state index is 4.80. The van der Waals surface area contributed by atoms with Crippen molar-refractivity contribution in [2.75, 3.05) is 0 Å². The summed E-state index contributed by atoms with van der Waals surface area (Å²) < 4.78 is 0. The summed E-state index contributed by atoms with van der Waals surface area (Å²) in [4.78, 5) is 4.80. The normalized spacial score (nSPS) is 11.5. The van der Waals surface area contributed by atoms with Gasteiger partial charge in [0, 0.05) is 11.6 Å². The number of aromatic nitrogens is 1. The number of benzene rings is 9. The molecule has 0 atom stereocenters. The van der Waals surface area contributed by atoms with E-state index in [2.05, 4.69) is 188 Å². The molecule has 0 radical (unpaired) electrons. The Kier molecular flexibility index (Phi) is 7.22. The fourth-order valence-electron chi connectivity index (χ4n) is 8.05. The molecule has 52 heavy (non-hydrogen) atoms. The van der Waals surface area contributed by atoms with Crippen LogP contribution in [-0.4, -0.2) is 4.98 Å². The molecule has 0 aliphatic heterocycles. The van der Waals surface area contributed by atoms with Crippen LogP contribution in [0.1, 0.15) is 0 Å². The van der Waals surface area contributed by atoms with Gasteiger partial charge < -0.3 is 0 Å². The molecule has 10 rings (SSSR count). The molecule has 242 valence electrons. The van der Waals surface area contributed by atoms with Crippen molar-refractivity contribution < 1.29 is 0 Å². The monoisotopic (exact) mass is 659 g/mol. The summed E-state index contributed by atoms with van der Waals surface area (Å²) in [6.45, 7) is 0. The Balaban J connectivity index is 1.25. The average molecular weight is 660 g/mol. The first-order chi connectivity index (χ1) is 25.8. The Labute approximate surface area is 303 Å². The van der Waals surface area contributed by atoms with Gasteiger partial charge in [0.25, 0.3) is 0 Å². The molecular weight excluding hydrogens is 627 g/mol. The molecule has 1 heteroatoms. The highest BCUT2D eigenvalue weighted by Gasteiger charge is 2.19. The molecule has 0 bridgehead atoms. The largest absolute Gasteiger partial charge is 0.256 e. The fourth-order valence-corrected chi connectivity index (χ4v) is 8.05. The van der Waals surface area contributed by atoms with Crippen LogP contribution in [0.25, 0.3) is 98.9 Å². The van der Waals surface area contributed by atoms with E-state index in [9.17, 15) is 0 Å². The molecule has 10 aromatic rings. The molecule has 0 saturated heterocycles. The third-order valence-corrected chi connectivity index (χ3v) is 10.5. The van der Waals surface area contributed by atoms with Gasteiger partial charge in [-0.15, -0.1) is 0 Å². The molecule has 1 nitrogen and oxygen atoms in total. The first kappa shape index (κ1) is 30.0. The summed E-state index contributed by atoms with van der Waals surface area (Å²) in [7, 11) is 0. The summed E-state index contributed by atoms with van der Waals surface area (Å²) in [6, 6.07) is 70.6. The second-order valence-electron chi connectivity index (χ2n) is 13.5. The predicted octanol–water partition coefficient (Wildman–Crippen LogP) is 14.0. The van der Waals surface area contributed by atoms with Crippen LogP contribution in [0, 0.1) is 0 Å². The second-order valence-corrected chi connectivity index (χ2v) is 13.5. The highest BCUT2D eigenvalue weighted by atomic mass is 14.6. The Morgan fingerprint density at radius 3 is 1.27 bits per heavy atom. The minimum absolute atomic E-state index is 1.01. The zero-order chi connectivity index (χ0) is 34.4. The average Bonchev–Trinajstić information content (AvgIpc) is 3.23. The van der Waals surface area contributed by atoms with Gasteiger partial charge in [-0.25, -0.2) is 0 Å². The van der Waals surface area contributed by atoms with E-state index in [1.807, 2.05) is 12.3 Å². The number of rotatable bonds is 5. The van der Waals surface area contributed by atoms with Crippen LogP contribution in [0.15, 0.2) is 200 Å². The lowest BCUT2D eigenvalue weighted by Gasteiger charge is -2.19. The first-order valence-electron chi connectivity index (χ1n) is 17.9. The molecule has 1 heterocycles. The number of hydrogen-bond donors (Lipinski definition) is 0. The zero-order valence-corrected chi connectivity index (χ0v) is 28.5. The van der Waals surface area contributed by atoms with Crippen LogP contribution in [-0.2, 0) is 0 Å². The quantitative estimate of drug-likeness (QED) is 0.132. The van der Waals surface area contributed by atoms with E-state index in [0.717, 1.165) is 5.52 Å². The lowest BCUT2D eigenvalue weighted by molar-refractivity contribution is 1.42. The van der Waals surface area contributed by atoms with Crippen molar-refractivity contribution in [3.8, 4) is 55.6 Å². The maximum absolute atomic E-state index is 4.80. The van der Waals surface area contributed by atoms with Crippen molar-refractivity contribution in [2.45, 2.75) is 0 Å². The molecule has 1 aromatic heterocycles. The summed E-state index contributed by atoms with van der Waals surface area (Å²) in [6.07, 6.45) is 1.89. The van der Waals surface area contributed by atoms with Crippen LogP contribution < -0.4 is 0 Å². The first-order valence-corrected chi connectivity index (χ1v) is 17.9. The molecule has 0 unspecified atom stereocenters. The Morgan fingerprint density at radius 2 is 0.673 bits per heavy atom. The van der Waals surface area contributed by atoms with Crippen molar-refractivity contribution in [3.05, 3.63) is 200 Å². The van der Waals surface area contributed by atoms with Gasteiger partial charge in [-0.3, -0.25) is 4.98 Å². The van der Waals surface area contributed by atoms with E-state index in [4.69, 9.17) is 4.98 Å². The molecule has 0 aliphatic carbocycles. The van der Waals surface area contributed by atoms with Gasteiger partial charge in [0.2, 0.25) is 0 Å². The van der Waals surface area contributed by atoms with Crippen molar-refractivity contribution >= 4 is 43.2 Å². The second kappa shape index (κ2) is 12.5. The van der Waals surface area contributed by atoms with E-state index in [0.29, 0.717) is 0 Å². The third kappa shape index (κ3) is 5.06. The van der Waals surface area contributed by atoms with E-state index in [1.54, 1.807) is 0 Å². The lowest BCUT2D eigenvalue weighted by Crippen LogP contribution is -1.93. The highest BCUT2D eigenvalue weighted by molar-refractivity contribution is 6.22. The Morgan fingerprint density at radius 1 is 0.250 bits per heavy atom. The van der Waals surface area contributed by atoms with Crippen molar-refractivity contribution in [3.63, 3.8) is 0 Å². The number of hydrogen-bond acceptors (Lipinski definition) is 1. The van der Waals surface area contributed by atoms with Crippen LogP contribution in [0.2, 0.25) is 0 Å². The van der Waals surface area contributed by atoms with Crippen LogP contribution in [0.4, 0.5) is 0 Å². The minimum Gasteiger partial charge on any atom is -0.256 e.